The Kier molecular flexibility index (Phi) is 5.08. The Morgan fingerprint density at radius 1 is 1.17 bits per heavy atom. The van der Waals surface area contributed by atoms with Crippen LogP contribution in [0.25, 0.3) is 0 Å². The first kappa shape index (κ1) is 17.2. The molecule has 2 heterocycles. The number of sulfonamides is 1. The second kappa shape index (κ2) is 7.09. The molecule has 0 unspecified atom stereocenters. The Labute approximate surface area is 143 Å². The average Bonchev–Trinajstić information content (AvgIpc) is 3.10. The molecule has 1 aliphatic rings. The van der Waals surface area contributed by atoms with E-state index in [1.807, 2.05) is 31.2 Å². The molecule has 0 amide bonds. The average molecular weight is 348 g/mol. The first-order valence-corrected chi connectivity index (χ1v) is 9.77. The van der Waals surface area contributed by atoms with Crippen molar-refractivity contribution in [1.29, 1.82) is 0 Å². The highest BCUT2D eigenvalue weighted by Crippen LogP contribution is 2.23. The van der Waals surface area contributed by atoms with Crippen molar-refractivity contribution < 1.29 is 12.8 Å². The zero-order chi connectivity index (χ0) is 17.2. The molecular formula is C18H24N2O3S. The lowest BCUT2D eigenvalue weighted by Crippen LogP contribution is -2.45. The Morgan fingerprint density at radius 2 is 1.83 bits per heavy atom. The van der Waals surface area contributed by atoms with E-state index in [0.29, 0.717) is 24.0 Å². The Balaban J connectivity index is 1.59. The number of piperidine rings is 1. The van der Waals surface area contributed by atoms with Gasteiger partial charge < -0.3 is 9.73 Å². The van der Waals surface area contributed by atoms with Crippen LogP contribution in [0.3, 0.4) is 0 Å². The third-order valence-corrected chi connectivity index (χ3v) is 6.48. The van der Waals surface area contributed by atoms with E-state index in [4.69, 9.17) is 4.42 Å². The standard InChI is InChI=1S/C18H24N2O3S/c1-14-5-7-17(8-6-14)24(21,22)20-11-9-16(10-12-20)19-15(2)18-4-3-13-23-18/h3-8,13,15-16,19H,9-12H2,1-2H3/t15-/m0/s1. The molecule has 0 bridgehead atoms. The molecule has 0 saturated carbocycles. The normalized spacial score (nSPS) is 18.6. The molecule has 0 aliphatic carbocycles. The lowest BCUT2D eigenvalue weighted by atomic mass is 10.1. The van der Waals surface area contributed by atoms with Gasteiger partial charge in [0, 0.05) is 19.1 Å². The summed E-state index contributed by atoms with van der Waals surface area (Å²) in [5, 5.41) is 3.53. The molecule has 1 aromatic carbocycles. The smallest absolute Gasteiger partial charge is 0.243 e. The van der Waals surface area contributed by atoms with Gasteiger partial charge in [0.15, 0.2) is 0 Å². The Bertz CT molecular complexity index is 746. The number of benzene rings is 1. The highest BCUT2D eigenvalue weighted by Gasteiger charge is 2.30. The maximum absolute atomic E-state index is 12.7. The highest BCUT2D eigenvalue weighted by molar-refractivity contribution is 7.89. The fraction of sp³-hybridized carbons (Fsp3) is 0.444. The predicted molar refractivity (Wildman–Crippen MR) is 93.2 cm³/mol. The van der Waals surface area contributed by atoms with Crippen LogP contribution in [-0.2, 0) is 10.0 Å². The minimum absolute atomic E-state index is 0.130. The van der Waals surface area contributed by atoms with Gasteiger partial charge in [-0.2, -0.15) is 4.31 Å². The molecular weight excluding hydrogens is 324 g/mol. The number of rotatable bonds is 5. The van der Waals surface area contributed by atoms with E-state index in [0.717, 1.165) is 24.2 Å². The topological polar surface area (TPSA) is 62.6 Å². The zero-order valence-corrected chi connectivity index (χ0v) is 14.9. The number of hydrogen-bond acceptors (Lipinski definition) is 4. The quantitative estimate of drug-likeness (QED) is 0.902. The van der Waals surface area contributed by atoms with Gasteiger partial charge in [-0.05, 0) is 51.0 Å². The van der Waals surface area contributed by atoms with Crippen molar-refractivity contribution in [3.05, 3.63) is 54.0 Å². The van der Waals surface area contributed by atoms with E-state index >= 15 is 0 Å². The number of aryl methyl sites for hydroxylation is 1. The van der Waals surface area contributed by atoms with E-state index in [1.54, 1.807) is 22.7 Å². The molecule has 24 heavy (non-hydrogen) atoms. The van der Waals surface area contributed by atoms with E-state index in [2.05, 4.69) is 12.2 Å². The third-order valence-electron chi connectivity index (χ3n) is 4.57. The Hall–Kier alpha value is -1.63. The summed E-state index contributed by atoms with van der Waals surface area (Å²) in [4.78, 5) is 0.378. The molecule has 1 fully saturated rings. The van der Waals surface area contributed by atoms with Crippen molar-refractivity contribution in [2.24, 2.45) is 0 Å². The summed E-state index contributed by atoms with van der Waals surface area (Å²) in [5.74, 6) is 0.907. The van der Waals surface area contributed by atoms with Crippen LogP contribution >= 0.6 is 0 Å². The molecule has 1 N–H and O–H groups in total. The van der Waals surface area contributed by atoms with Crippen LogP contribution in [0.4, 0.5) is 0 Å². The summed E-state index contributed by atoms with van der Waals surface area (Å²) in [6, 6.07) is 11.3. The second-order valence-corrected chi connectivity index (χ2v) is 8.33. The van der Waals surface area contributed by atoms with Crippen molar-refractivity contribution >= 4 is 10.0 Å². The number of hydrogen-bond donors (Lipinski definition) is 1. The molecule has 1 atom stereocenters. The summed E-state index contributed by atoms with van der Waals surface area (Å²) in [7, 11) is -3.39. The van der Waals surface area contributed by atoms with E-state index in [9.17, 15) is 8.42 Å². The summed E-state index contributed by atoms with van der Waals surface area (Å²) < 4.78 is 32.4. The van der Waals surface area contributed by atoms with Crippen molar-refractivity contribution in [2.45, 2.75) is 43.7 Å². The van der Waals surface area contributed by atoms with Gasteiger partial charge in [0.25, 0.3) is 0 Å². The van der Waals surface area contributed by atoms with Gasteiger partial charge >= 0.3 is 0 Å². The molecule has 0 spiro atoms. The third kappa shape index (κ3) is 3.71. The molecule has 1 aliphatic heterocycles. The Morgan fingerprint density at radius 3 is 2.42 bits per heavy atom. The van der Waals surface area contributed by atoms with E-state index in [1.165, 1.54) is 0 Å². The minimum Gasteiger partial charge on any atom is -0.468 e. The lowest BCUT2D eigenvalue weighted by Gasteiger charge is -2.33. The SMILES string of the molecule is Cc1ccc(S(=O)(=O)N2CCC(N[C@@H](C)c3ccco3)CC2)cc1. The fourth-order valence-electron chi connectivity index (χ4n) is 3.10. The molecule has 3 rings (SSSR count). The minimum atomic E-state index is -3.39. The lowest BCUT2D eigenvalue weighted by molar-refractivity contribution is 0.268. The van der Waals surface area contributed by atoms with Crippen LogP contribution in [0, 0.1) is 6.92 Å². The van der Waals surface area contributed by atoms with Crippen molar-refractivity contribution in [3.63, 3.8) is 0 Å². The van der Waals surface area contributed by atoms with Gasteiger partial charge in [0.2, 0.25) is 10.0 Å². The number of furan rings is 1. The van der Waals surface area contributed by atoms with Crippen LogP contribution in [0.2, 0.25) is 0 Å². The van der Waals surface area contributed by atoms with E-state index in [-0.39, 0.29) is 6.04 Å². The van der Waals surface area contributed by atoms with Crippen molar-refractivity contribution in [2.75, 3.05) is 13.1 Å². The fourth-order valence-corrected chi connectivity index (χ4v) is 4.57. The summed E-state index contributed by atoms with van der Waals surface area (Å²) in [6.45, 7) is 5.10. The molecule has 5 nitrogen and oxygen atoms in total. The molecule has 130 valence electrons. The van der Waals surface area contributed by atoms with Crippen LogP contribution in [0.1, 0.15) is 37.1 Å². The number of nitrogens with one attached hydrogen (secondary N) is 1. The summed E-state index contributed by atoms with van der Waals surface area (Å²) in [5.41, 5.74) is 1.06. The molecule has 6 heteroatoms. The van der Waals surface area contributed by atoms with Crippen LogP contribution < -0.4 is 5.32 Å². The monoisotopic (exact) mass is 348 g/mol. The van der Waals surface area contributed by atoms with Gasteiger partial charge in [-0.15, -0.1) is 0 Å². The van der Waals surface area contributed by atoms with Crippen molar-refractivity contribution in [3.8, 4) is 0 Å². The maximum Gasteiger partial charge on any atom is 0.243 e. The molecule has 1 saturated heterocycles. The second-order valence-electron chi connectivity index (χ2n) is 6.40. The molecule has 0 radical (unpaired) electrons. The first-order valence-electron chi connectivity index (χ1n) is 8.33. The molecule has 2 aromatic rings. The van der Waals surface area contributed by atoms with Crippen molar-refractivity contribution in [1.82, 2.24) is 9.62 Å². The van der Waals surface area contributed by atoms with Gasteiger partial charge in [0.05, 0.1) is 17.2 Å². The van der Waals surface area contributed by atoms with Gasteiger partial charge in [-0.1, -0.05) is 17.7 Å². The number of nitrogens with zero attached hydrogens (tertiary/aromatic N) is 1. The zero-order valence-electron chi connectivity index (χ0n) is 14.1. The molecule has 1 aromatic heterocycles. The summed E-state index contributed by atoms with van der Waals surface area (Å²) >= 11 is 0. The van der Waals surface area contributed by atoms with Gasteiger partial charge in [0.1, 0.15) is 5.76 Å². The first-order chi connectivity index (χ1) is 11.5. The summed E-state index contributed by atoms with van der Waals surface area (Å²) in [6.07, 6.45) is 3.27. The van der Waals surface area contributed by atoms with Gasteiger partial charge in [-0.3, -0.25) is 0 Å². The van der Waals surface area contributed by atoms with Crippen LogP contribution in [-0.4, -0.2) is 31.9 Å². The predicted octanol–water partition coefficient (Wildman–Crippen LogP) is 3.09. The van der Waals surface area contributed by atoms with Crippen LogP contribution in [0.5, 0.6) is 0 Å². The maximum atomic E-state index is 12.7. The van der Waals surface area contributed by atoms with E-state index < -0.39 is 10.0 Å². The van der Waals surface area contributed by atoms with Crippen LogP contribution in [0.15, 0.2) is 52.0 Å². The highest BCUT2D eigenvalue weighted by atomic mass is 32.2. The van der Waals surface area contributed by atoms with Gasteiger partial charge in [-0.25, -0.2) is 8.42 Å². The largest absolute Gasteiger partial charge is 0.468 e.